The Kier molecular flexibility index (Phi) is 4.38. The summed E-state index contributed by atoms with van der Waals surface area (Å²) < 4.78 is 2.14. The van der Waals surface area contributed by atoms with Crippen LogP contribution in [0.15, 0.2) is 36.8 Å². The molecule has 2 aromatic rings. The minimum Gasteiger partial charge on any atom is -0.329 e. The van der Waals surface area contributed by atoms with Gasteiger partial charge >= 0.3 is 0 Å². The summed E-state index contributed by atoms with van der Waals surface area (Å²) in [6.45, 7) is 7.35. The van der Waals surface area contributed by atoms with Crippen molar-refractivity contribution >= 4 is 0 Å². The van der Waals surface area contributed by atoms with Crippen LogP contribution in [0.1, 0.15) is 56.0 Å². The maximum absolute atomic E-state index is 6.10. The van der Waals surface area contributed by atoms with Gasteiger partial charge in [-0.25, -0.2) is 4.98 Å². The van der Waals surface area contributed by atoms with Crippen molar-refractivity contribution in [1.29, 1.82) is 0 Å². The number of rotatable bonds is 5. The van der Waals surface area contributed by atoms with Gasteiger partial charge in [-0.3, -0.25) is 0 Å². The van der Waals surface area contributed by atoms with E-state index >= 15 is 0 Å². The molecular weight excluding hydrogens is 234 g/mol. The number of nitrogens with two attached hydrogens (primary N) is 1. The fourth-order valence-corrected chi connectivity index (χ4v) is 2.19. The first kappa shape index (κ1) is 13.8. The van der Waals surface area contributed by atoms with Crippen molar-refractivity contribution < 1.29 is 0 Å². The average Bonchev–Trinajstić information content (AvgIpc) is 2.86. The minimum atomic E-state index is 0.0671. The van der Waals surface area contributed by atoms with Gasteiger partial charge in [0.05, 0.1) is 12.0 Å². The van der Waals surface area contributed by atoms with E-state index in [1.165, 1.54) is 11.1 Å². The van der Waals surface area contributed by atoms with Gasteiger partial charge in [-0.15, -0.1) is 0 Å². The van der Waals surface area contributed by atoms with E-state index in [0.29, 0.717) is 5.92 Å². The normalized spacial score (nSPS) is 12.9. The van der Waals surface area contributed by atoms with Crippen LogP contribution in [0.2, 0.25) is 0 Å². The second-order valence-electron chi connectivity index (χ2n) is 5.36. The topological polar surface area (TPSA) is 43.8 Å². The van der Waals surface area contributed by atoms with Gasteiger partial charge in [0.2, 0.25) is 0 Å². The molecule has 3 heteroatoms. The molecule has 102 valence electrons. The van der Waals surface area contributed by atoms with Gasteiger partial charge in [0.15, 0.2) is 0 Å². The zero-order chi connectivity index (χ0) is 13.8. The molecular formula is C16H23N3. The van der Waals surface area contributed by atoms with Crippen LogP contribution in [0, 0.1) is 0 Å². The van der Waals surface area contributed by atoms with Crippen LogP contribution in [0.3, 0.4) is 0 Å². The van der Waals surface area contributed by atoms with Gasteiger partial charge in [-0.1, -0.05) is 45.0 Å². The fourth-order valence-electron chi connectivity index (χ4n) is 2.19. The molecule has 19 heavy (non-hydrogen) atoms. The number of imidazole rings is 1. The van der Waals surface area contributed by atoms with Gasteiger partial charge in [0.1, 0.15) is 0 Å². The van der Waals surface area contributed by atoms with Gasteiger partial charge in [-0.2, -0.15) is 0 Å². The number of hydrogen-bond acceptors (Lipinski definition) is 2. The summed E-state index contributed by atoms with van der Waals surface area (Å²) in [7, 11) is 0. The Hall–Kier alpha value is -1.61. The highest BCUT2D eigenvalue weighted by Gasteiger charge is 2.09. The number of benzene rings is 1. The summed E-state index contributed by atoms with van der Waals surface area (Å²) in [5.41, 5.74) is 9.86. The molecule has 0 aliphatic heterocycles. The molecule has 0 bridgehead atoms. The summed E-state index contributed by atoms with van der Waals surface area (Å²) in [6, 6.07) is 8.86. The molecule has 0 radical (unpaired) electrons. The molecule has 0 aliphatic carbocycles. The SMILES string of the molecule is CC[C@@H](N)c1cncn1Cc1ccc(C(C)C)cc1. The Bertz CT molecular complexity index is 511. The van der Waals surface area contributed by atoms with Gasteiger partial charge < -0.3 is 10.3 Å². The lowest BCUT2D eigenvalue weighted by molar-refractivity contribution is 0.618. The second kappa shape index (κ2) is 6.02. The predicted molar refractivity (Wildman–Crippen MR) is 79.1 cm³/mol. The van der Waals surface area contributed by atoms with Crippen molar-refractivity contribution in [2.75, 3.05) is 0 Å². The number of hydrogen-bond donors (Lipinski definition) is 1. The van der Waals surface area contributed by atoms with Crippen molar-refractivity contribution in [3.05, 3.63) is 53.6 Å². The molecule has 0 aliphatic rings. The highest BCUT2D eigenvalue weighted by Crippen LogP contribution is 2.17. The molecule has 0 fully saturated rings. The van der Waals surface area contributed by atoms with Crippen molar-refractivity contribution in [3.8, 4) is 0 Å². The first-order chi connectivity index (χ1) is 9.11. The van der Waals surface area contributed by atoms with E-state index in [1.807, 2.05) is 12.5 Å². The Balaban J connectivity index is 2.15. The molecule has 2 rings (SSSR count). The summed E-state index contributed by atoms with van der Waals surface area (Å²) in [4.78, 5) is 4.22. The lowest BCUT2D eigenvalue weighted by Gasteiger charge is -2.13. The summed E-state index contributed by atoms with van der Waals surface area (Å²) in [5, 5.41) is 0. The van der Waals surface area contributed by atoms with Crippen molar-refractivity contribution in [1.82, 2.24) is 9.55 Å². The van der Waals surface area contributed by atoms with Crippen molar-refractivity contribution in [2.24, 2.45) is 5.73 Å². The number of nitrogens with zero attached hydrogens (tertiary/aromatic N) is 2. The third kappa shape index (κ3) is 3.24. The monoisotopic (exact) mass is 257 g/mol. The van der Waals surface area contributed by atoms with E-state index in [2.05, 4.69) is 54.6 Å². The highest BCUT2D eigenvalue weighted by atomic mass is 15.1. The van der Waals surface area contributed by atoms with Gasteiger partial charge in [0, 0.05) is 18.8 Å². The smallest absolute Gasteiger partial charge is 0.0951 e. The van der Waals surface area contributed by atoms with Crippen LogP contribution in [0.5, 0.6) is 0 Å². The third-order valence-corrected chi connectivity index (χ3v) is 3.56. The van der Waals surface area contributed by atoms with E-state index < -0.39 is 0 Å². The van der Waals surface area contributed by atoms with E-state index in [9.17, 15) is 0 Å². The Morgan fingerprint density at radius 3 is 2.47 bits per heavy atom. The molecule has 0 unspecified atom stereocenters. The molecule has 1 heterocycles. The molecule has 1 aromatic carbocycles. The zero-order valence-electron chi connectivity index (χ0n) is 12.0. The van der Waals surface area contributed by atoms with E-state index in [4.69, 9.17) is 5.73 Å². The molecule has 0 saturated carbocycles. The van der Waals surface area contributed by atoms with E-state index in [0.717, 1.165) is 18.7 Å². The van der Waals surface area contributed by atoms with Crippen molar-refractivity contribution in [2.45, 2.75) is 45.7 Å². The molecule has 0 amide bonds. The lowest BCUT2D eigenvalue weighted by atomic mass is 10.0. The molecule has 3 nitrogen and oxygen atoms in total. The standard InChI is InChI=1S/C16H23N3/c1-4-15(17)16-9-18-11-19(16)10-13-5-7-14(8-6-13)12(2)3/h5-9,11-12,15H,4,10,17H2,1-3H3/t15-/m1/s1. The summed E-state index contributed by atoms with van der Waals surface area (Å²) in [6.07, 6.45) is 4.66. The molecule has 1 atom stereocenters. The first-order valence-corrected chi connectivity index (χ1v) is 6.96. The summed E-state index contributed by atoms with van der Waals surface area (Å²) >= 11 is 0. The van der Waals surface area contributed by atoms with Crippen LogP contribution in [0.4, 0.5) is 0 Å². The van der Waals surface area contributed by atoms with Crippen molar-refractivity contribution in [3.63, 3.8) is 0 Å². The Morgan fingerprint density at radius 2 is 1.89 bits per heavy atom. The highest BCUT2D eigenvalue weighted by molar-refractivity contribution is 5.25. The van der Waals surface area contributed by atoms with Crippen LogP contribution in [-0.4, -0.2) is 9.55 Å². The minimum absolute atomic E-state index is 0.0671. The molecule has 0 saturated heterocycles. The van der Waals surface area contributed by atoms with Gasteiger partial charge in [0.25, 0.3) is 0 Å². The number of aromatic nitrogens is 2. The molecule has 2 N–H and O–H groups in total. The Morgan fingerprint density at radius 1 is 1.21 bits per heavy atom. The molecule has 1 aromatic heterocycles. The molecule has 0 spiro atoms. The maximum atomic E-state index is 6.10. The van der Waals surface area contributed by atoms with Gasteiger partial charge in [-0.05, 0) is 23.5 Å². The fraction of sp³-hybridized carbons (Fsp3) is 0.438. The average molecular weight is 257 g/mol. The van der Waals surface area contributed by atoms with Crippen LogP contribution in [0.25, 0.3) is 0 Å². The van der Waals surface area contributed by atoms with E-state index in [1.54, 1.807) is 0 Å². The largest absolute Gasteiger partial charge is 0.329 e. The van der Waals surface area contributed by atoms with Crippen LogP contribution >= 0.6 is 0 Å². The maximum Gasteiger partial charge on any atom is 0.0951 e. The van der Waals surface area contributed by atoms with Crippen LogP contribution < -0.4 is 5.73 Å². The lowest BCUT2D eigenvalue weighted by Crippen LogP contribution is -2.14. The predicted octanol–water partition coefficient (Wildman–Crippen LogP) is 3.46. The van der Waals surface area contributed by atoms with E-state index in [-0.39, 0.29) is 6.04 Å². The quantitative estimate of drug-likeness (QED) is 0.891. The van der Waals surface area contributed by atoms with Crippen LogP contribution in [-0.2, 0) is 6.54 Å². The third-order valence-electron chi connectivity index (χ3n) is 3.56. The zero-order valence-corrected chi connectivity index (χ0v) is 12.0. The summed E-state index contributed by atoms with van der Waals surface area (Å²) in [5.74, 6) is 0.575. The second-order valence-corrected chi connectivity index (χ2v) is 5.36. The Labute approximate surface area is 115 Å². The first-order valence-electron chi connectivity index (χ1n) is 6.96.